The number of alkyl halides is 3. The van der Waals surface area contributed by atoms with Crippen LogP contribution in [0.15, 0.2) is 24.5 Å². The molecule has 0 aliphatic rings. The monoisotopic (exact) mass is 450 g/mol. The maximum Gasteiger partial charge on any atom is 0.436 e. The molecule has 0 saturated carbocycles. The van der Waals surface area contributed by atoms with Crippen LogP contribution in [0.3, 0.4) is 0 Å². The first kappa shape index (κ1) is 21.1. The van der Waals surface area contributed by atoms with Crippen LogP contribution in [0.25, 0.3) is 0 Å². The van der Waals surface area contributed by atoms with Crippen LogP contribution >= 0.6 is 23.2 Å². The van der Waals surface area contributed by atoms with Gasteiger partial charge in [0.15, 0.2) is 5.69 Å². The Morgan fingerprint density at radius 2 is 1.97 bits per heavy atom. The molecule has 0 bridgehead atoms. The maximum absolute atomic E-state index is 13.1. The third kappa shape index (κ3) is 4.85. The van der Waals surface area contributed by atoms with E-state index in [1.165, 1.54) is 30.1 Å². The highest BCUT2D eigenvalue weighted by atomic mass is 35.5. The van der Waals surface area contributed by atoms with Crippen LogP contribution in [-0.2, 0) is 24.1 Å². The number of amides is 1. The third-order valence-electron chi connectivity index (χ3n) is 3.83. The van der Waals surface area contributed by atoms with Crippen LogP contribution in [0, 0.1) is 12.7 Å². The van der Waals surface area contributed by atoms with E-state index < -0.39 is 35.2 Å². The highest BCUT2D eigenvalue weighted by Gasteiger charge is 2.38. The summed E-state index contributed by atoms with van der Waals surface area (Å²) in [4.78, 5) is 16.0. The Hall–Kier alpha value is -2.66. The number of nitrogens with zero attached hydrogens (tertiary/aromatic N) is 5. The van der Waals surface area contributed by atoms with Crippen molar-refractivity contribution in [3.8, 4) is 0 Å². The molecule has 0 spiro atoms. The Morgan fingerprint density at radius 1 is 1.24 bits per heavy atom. The summed E-state index contributed by atoms with van der Waals surface area (Å²) in [5.74, 6) is -1.24. The zero-order valence-electron chi connectivity index (χ0n) is 14.6. The van der Waals surface area contributed by atoms with Crippen molar-refractivity contribution >= 4 is 35.1 Å². The molecular weight excluding hydrogens is 439 g/mol. The van der Waals surface area contributed by atoms with Gasteiger partial charge in [-0.15, -0.1) is 5.10 Å². The van der Waals surface area contributed by atoms with Crippen molar-refractivity contribution in [3.63, 3.8) is 0 Å². The van der Waals surface area contributed by atoms with Gasteiger partial charge in [-0.1, -0.05) is 29.3 Å². The van der Waals surface area contributed by atoms with Crippen LogP contribution in [0.4, 0.5) is 23.5 Å². The quantitative estimate of drug-likeness (QED) is 0.597. The van der Waals surface area contributed by atoms with Crippen LogP contribution in [0.1, 0.15) is 17.0 Å². The fourth-order valence-corrected chi connectivity index (χ4v) is 2.88. The van der Waals surface area contributed by atoms with Gasteiger partial charge >= 0.3 is 6.18 Å². The average molecular weight is 451 g/mol. The zero-order valence-corrected chi connectivity index (χ0v) is 16.1. The summed E-state index contributed by atoms with van der Waals surface area (Å²) in [6.45, 7) is 0.974. The van der Waals surface area contributed by atoms with Gasteiger partial charge in [0.1, 0.15) is 18.7 Å². The van der Waals surface area contributed by atoms with Crippen molar-refractivity contribution in [1.29, 1.82) is 0 Å². The van der Waals surface area contributed by atoms with E-state index in [-0.39, 0.29) is 23.2 Å². The van der Waals surface area contributed by atoms with Gasteiger partial charge in [-0.3, -0.25) is 14.8 Å². The fraction of sp³-hybridized carbons (Fsp3) is 0.250. The van der Waals surface area contributed by atoms with E-state index in [1.54, 1.807) is 0 Å². The molecule has 3 aromatic rings. The highest BCUT2D eigenvalue weighted by Crippen LogP contribution is 2.35. The first-order chi connectivity index (χ1) is 13.5. The number of hydrogen-bond acceptors (Lipinski definition) is 4. The Balaban J connectivity index is 1.66. The molecule has 13 heteroatoms. The minimum Gasteiger partial charge on any atom is -0.292 e. The van der Waals surface area contributed by atoms with Crippen molar-refractivity contribution < 1.29 is 22.4 Å². The molecule has 2 heterocycles. The van der Waals surface area contributed by atoms with Crippen LogP contribution < -0.4 is 5.32 Å². The average Bonchev–Trinajstić information content (AvgIpc) is 3.16. The van der Waals surface area contributed by atoms with Crippen LogP contribution in [0.2, 0.25) is 10.0 Å². The van der Waals surface area contributed by atoms with Gasteiger partial charge in [0.05, 0.1) is 17.3 Å². The predicted octanol–water partition coefficient (Wildman–Crippen LogP) is 3.93. The van der Waals surface area contributed by atoms with E-state index in [0.717, 1.165) is 10.7 Å². The van der Waals surface area contributed by atoms with E-state index in [1.807, 2.05) is 0 Å². The van der Waals surface area contributed by atoms with Gasteiger partial charge < -0.3 is 0 Å². The molecule has 0 aliphatic heterocycles. The summed E-state index contributed by atoms with van der Waals surface area (Å²) in [5, 5.41) is 9.36. The van der Waals surface area contributed by atoms with Crippen LogP contribution in [-0.4, -0.2) is 30.5 Å². The molecule has 0 saturated heterocycles. The summed E-state index contributed by atoms with van der Waals surface area (Å²) < 4.78 is 53.8. The normalized spacial score (nSPS) is 11.7. The fourth-order valence-electron chi connectivity index (χ4n) is 2.41. The third-order valence-corrected chi connectivity index (χ3v) is 4.63. The summed E-state index contributed by atoms with van der Waals surface area (Å²) in [6, 6.07) is 3.89. The smallest absolute Gasteiger partial charge is 0.292 e. The van der Waals surface area contributed by atoms with Crippen molar-refractivity contribution in [2.45, 2.75) is 26.2 Å². The standard InChI is InChI=1S/C16H12Cl2F4N6O/c1-8-13(18)14(16(20,21)22)25-28(8)6-12(29)24-15-23-7-27(26-15)5-9-2-3-10(19)4-11(9)17/h2-4,7H,5-6H2,1H3,(H,24,26,29). The molecule has 0 fully saturated rings. The molecular formula is C16H12Cl2F4N6O. The lowest BCUT2D eigenvalue weighted by atomic mass is 10.2. The van der Waals surface area contributed by atoms with E-state index >= 15 is 0 Å². The lowest BCUT2D eigenvalue weighted by Gasteiger charge is -2.05. The summed E-state index contributed by atoms with van der Waals surface area (Å²) in [6.07, 6.45) is -3.42. The number of anilines is 1. The Morgan fingerprint density at radius 3 is 2.59 bits per heavy atom. The second kappa shape index (κ2) is 7.99. The topological polar surface area (TPSA) is 77.6 Å². The van der Waals surface area contributed by atoms with Crippen LogP contribution in [0.5, 0.6) is 0 Å². The number of hydrogen-bond donors (Lipinski definition) is 1. The molecule has 154 valence electrons. The van der Waals surface area contributed by atoms with Gasteiger partial charge in [-0.05, 0) is 24.6 Å². The molecule has 3 rings (SSSR count). The maximum atomic E-state index is 13.1. The van der Waals surface area contributed by atoms with E-state index in [0.29, 0.717) is 5.56 Å². The van der Waals surface area contributed by atoms with Gasteiger partial charge in [0, 0.05) is 5.02 Å². The number of nitrogens with one attached hydrogen (secondary N) is 1. The lowest BCUT2D eigenvalue weighted by molar-refractivity contribution is -0.141. The first-order valence-corrected chi connectivity index (χ1v) is 8.73. The second-order valence-corrected chi connectivity index (χ2v) is 6.74. The molecule has 0 aliphatic carbocycles. The van der Waals surface area contributed by atoms with Gasteiger partial charge in [-0.2, -0.15) is 18.3 Å². The van der Waals surface area contributed by atoms with Gasteiger partial charge in [-0.25, -0.2) is 14.1 Å². The number of halogens is 6. The number of benzene rings is 1. The van der Waals surface area contributed by atoms with Gasteiger partial charge in [0.2, 0.25) is 11.9 Å². The number of aromatic nitrogens is 5. The first-order valence-electron chi connectivity index (χ1n) is 7.98. The predicted molar refractivity (Wildman–Crippen MR) is 96.1 cm³/mol. The lowest BCUT2D eigenvalue weighted by Crippen LogP contribution is -2.21. The van der Waals surface area contributed by atoms with Crippen molar-refractivity contribution in [3.05, 3.63) is 57.3 Å². The number of rotatable bonds is 5. The van der Waals surface area contributed by atoms with Gasteiger partial charge in [0.25, 0.3) is 0 Å². The van der Waals surface area contributed by atoms with Crippen molar-refractivity contribution in [2.24, 2.45) is 0 Å². The summed E-state index contributed by atoms with van der Waals surface area (Å²) >= 11 is 11.6. The van der Waals surface area contributed by atoms with E-state index in [2.05, 4.69) is 20.5 Å². The summed E-state index contributed by atoms with van der Waals surface area (Å²) in [7, 11) is 0. The second-order valence-electron chi connectivity index (χ2n) is 5.95. The van der Waals surface area contributed by atoms with Crippen molar-refractivity contribution in [2.75, 3.05) is 5.32 Å². The van der Waals surface area contributed by atoms with Crippen molar-refractivity contribution in [1.82, 2.24) is 24.5 Å². The SMILES string of the molecule is Cc1c(Cl)c(C(F)(F)F)nn1CC(=O)Nc1ncn(Cc2ccc(F)cc2Cl)n1. The number of carbonyl (C=O) groups is 1. The Kier molecular flexibility index (Phi) is 5.80. The molecule has 2 aromatic heterocycles. The summed E-state index contributed by atoms with van der Waals surface area (Å²) in [5.41, 5.74) is -0.682. The zero-order chi connectivity index (χ0) is 21.3. The Labute approximate surface area is 171 Å². The molecule has 29 heavy (non-hydrogen) atoms. The molecule has 1 aromatic carbocycles. The molecule has 1 amide bonds. The Bertz CT molecular complexity index is 1060. The molecule has 0 atom stereocenters. The molecule has 0 unspecified atom stereocenters. The minimum atomic E-state index is -4.73. The molecule has 7 nitrogen and oxygen atoms in total. The highest BCUT2D eigenvalue weighted by molar-refractivity contribution is 6.32. The van der Waals surface area contributed by atoms with E-state index in [4.69, 9.17) is 23.2 Å². The number of carbonyl (C=O) groups excluding carboxylic acids is 1. The molecule has 0 radical (unpaired) electrons. The minimum absolute atomic E-state index is 0.00131. The van der Waals surface area contributed by atoms with E-state index in [9.17, 15) is 22.4 Å². The largest absolute Gasteiger partial charge is 0.436 e. The molecule has 1 N–H and O–H groups in total.